The van der Waals surface area contributed by atoms with E-state index in [4.69, 9.17) is 5.73 Å². The molecule has 1 aliphatic rings. The molecular weight excluding hydrogens is 214 g/mol. The fourth-order valence-corrected chi connectivity index (χ4v) is 2.07. The molecule has 0 spiro atoms. The molecule has 0 bridgehead atoms. The summed E-state index contributed by atoms with van der Waals surface area (Å²) in [7, 11) is 0. The number of nitrogens with two attached hydrogens (primary N) is 1. The third kappa shape index (κ3) is 1.54. The average molecular weight is 226 g/mol. The highest BCUT2D eigenvalue weighted by Crippen LogP contribution is 2.46. The molecule has 1 fully saturated rings. The van der Waals surface area contributed by atoms with Crippen molar-refractivity contribution in [2.24, 2.45) is 11.7 Å². The van der Waals surface area contributed by atoms with Crippen LogP contribution >= 0.6 is 15.9 Å². The Morgan fingerprint density at radius 1 is 1.50 bits per heavy atom. The van der Waals surface area contributed by atoms with E-state index in [9.17, 15) is 0 Å². The van der Waals surface area contributed by atoms with Gasteiger partial charge in [0.05, 0.1) is 0 Å². The van der Waals surface area contributed by atoms with Gasteiger partial charge in [0.2, 0.25) is 0 Å². The average Bonchev–Trinajstić information content (AvgIpc) is 2.83. The summed E-state index contributed by atoms with van der Waals surface area (Å²) in [5.74, 6) is 1.46. The minimum atomic E-state index is 0.729. The Morgan fingerprint density at radius 3 is 2.92 bits per heavy atom. The minimum absolute atomic E-state index is 0.729. The topological polar surface area (TPSA) is 26.0 Å². The first-order chi connectivity index (χ1) is 5.81. The van der Waals surface area contributed by atoms with Crippen molar-refractivity contribution in [1.82, 2.24) is 0 Å². The van der Waals surface area contributed by atoms with E-state index < -0.39 is 0 Å². The Bertz CT molecular complexity index is 285. The van der Waals surface area contributed by atoms with Gasteiger partial charge in [0.15, 0.2) is 0 Å². The van der Waals surface area contributed by atoms with Gasteiger partial charge in [0.25, 0.3) is 0 Å². The first-order valence-corrected chi connectivity index (χ1v) is 5.06. The van der Waals surface area contributed by atoms with E-state index in [1.807, 2.05) is 0 Å². The van der Waals surface area contributed by atoms with Crippen LogP contribution < -0.4 is 5.73 Å². The van der Waals surface area contributed by atoms with Crippen LogP contribution in [0.15, 0.2) is 28.7 Å². The summed E-state index contributed by atoms with van der Waals surface area (Å²) in [6.45, 7) is 0.831. The van der Waals surface area contributed by atoms with Gasteiger partial charge in [0, 0.05) is 4.47 Å². The van der Waals surface area contributed by atoms with E-state index in [-0.39, 0.29) is 0 Å². The fourth-order valence-electron chi connectivity index (χ4n) is 1.65. The molecule has 1 aliphatic carbocycles. The Hall–Kier alpha value is -0.340. The largest absolute Gasteiger partial charge is 0.330 e. The van der Waals surface area contributed by atoms with Crippen molar-refractivity contribution >= 4 is 15.9 Å². The molecule has 1 saturated carbocycles. The standard InChI is InChI=1S/C10H12BrN/c11-9-3-1-2-7(4-9)10-5-8(10)6-12/h1-4,8,10H,5-6,12H2/t8-,10+/m0/s1. The number of rotatable bonds is 2. The van der Waals surface area contributed by atoms with Crippen LogP contribution in [-0.4, -0.2) is 6.54 Å². The Labute approximate surface area is 81.1 Å². The van der Waals surface area contributed by atoms with E-state index in [0.29, 0.717) is 0 Å². The summed E-state index contributed by atoms with van der Waals surface area (Å²) >= 11 is 3.47. The second-order valence-corrected chi connectivity index (χ2v) is 4.31. The van der Waals surface area contributed by atoms with Gasteiger partial charge in [-0.1, -0.05) is 28.1 Å². The van der Waals surface area contributed by atoms with Gasteiger partial charge < -0.3 is 5.73 Å². The zero-order valence-electron chi connectivity index (χ0n) is 6.83. The van der Waals surface area contributed by atoms with Crippen LogP contribution in [0.25, 0.3) is 0 Å². The predicted molar refractivity (Wildman–Crippen MR) is 54.0 cm³/mol. The second-order valence-electron chi connectivity index (χ2n) is 3.39. The highest BCUT2D eigenvalue weighted by atomic mass is 79.9. The van der Waals surface area contributed by atoms with E-state index >= 15 is 0 Å². The van der Waals surface area contributed by atoms with Crippen LogP contribution in [0.2, 0.25) is 0 Å². The summed E-state index contributed by atoms with van der Waals surface area (Å²) in [6.07, 6.45) is 1.27. The molecule has 1 nitrogen and oxygen atoms in total. The van der Waals surface area contributed by atoms with Gasteiger partial charge >= 0.3 is 0 Å². The van der Waals surface area contributed by atoms with Crippen LogP contribution in [0.1, 0.15) is 17.9 Å². The number of hydrogen-bond donors (Lipinski definition) is 1. The Morgan fingerprint density at radius 2 is 2.33 bits per heavy atom. The third-order valence-corrected chi connectivity index (χ3v) is 3.00. The lowest BCUT2D eigenvalue weighted by atomic mass is 10.1. The Kier molecular flexibility index (Phi) is 2.20. The predicted octanol–water partition coefficient (Wildman–Crippen LogP) is 2.51. The Balaban J connectivity index is 2.14. The van der Waals surface area contributed by atoms with Crippen LogP contribution in [-0.2, 0) is 0 Å². The SMILES string of the molecule is NC[C@@H]1C[C@@H]1c1cccc(Br)c1. The molecule has 2 rings (SSSR count). The molecule has 0 saturated heterocycles. The van der Waals surface area contributed by atoms with E-state index in [1.165, 1.54) is 16.5 Å². The quantitative estimate of drug-likeness (QED) is 0.823. The first kappa shape index (κ1) is 8.27. The molecule has 0 heterocycles. The molecule has 0 unspecified atom stereocenters. The van der Waals surface area contributed by atoms with Crippen molar-refractivity contribution in [3.05, 3.63) is 34.3 Å². The van der Waals surface area contributed by atoms with Gasteiger partial charge in [-0.25, -0.2) is 0 Å². The molecule has 0 aromatic heterocycles. The van der Waals surface area contributed by atoms with Gasteiger partial charge in [-0.3, -0.25) is 0 Å². The van der Waals surface area contributed by atoms with Crippen molar-refractivity contribution in [3.8, 4) is 0 Å². The van der Waals surface area contributed by atoms with Crippen molar-refractivity contribution in [2.75, 3.05) is 6.54 Å². The van der Waals surface area contributed by atoms with Crippen molar-refractivity contribution in [3.63, 3.8) is 0 Å². The molecule has 0 radical (unpaired) electrons. The second kappa shape index (κ2) is 3.19. The number of hydrogen-bond acceptors (Lipinski definition) is 1. The highest BCUT2D eigenvalue weighted by Gasteiger charge is 2.36. The molecule has 0 aliphatic heterocycles. The van der Waals surface area contributed by atoms with Crippen molar-refractivity contribution < 1.29 is 0 Å². The third-order valence-electron chi connectivity index (χ3n) is 2.50. The summed E-state index contributed by atoms with van der Waals surface area (Å²) in [4.78, 5) is 0. The molecule has 12 heavy (non-hydrogen) atoms. The van der Waals surface area contributed by atoms with E-state index in [0.717, 1.165) is 18.4 Å². The first-order valence-electron chi connectivity index (χ1n) is 4.27. The molecule has 64 valence electrons. The maximum Gasteiger partial charge on any atom is 0.0178 e. The fraction of sp³-hybridized carbons (Fsp3) is 0.400. The summed E-state index contributed by atoms with van der Waals surface area (Å²) in [5, 5.41) is 0. The maximum absolute atomic E-state index is 5.59. The molecular formula is C10H12BrN. The number of halogens is 1. The van der Waals surface area contributed by atoms with Crippen LogP contribution in [0.5, 0.6) is 0 Å². The van der Waals surface area contributed by atoms with Gasteiger partial charge in [-0.2, -0.15) is 0 Å². The lowest BCUT2D eigenvalue weighted by Gasteiger charge is -1.98. The summed E-state index contributed by atoms with van der Waals surface area (Å²) < 4.78 is 1.17. The molecule has 2 atom stereocenters. The lowest BCUT2D eigenvalue weighted by Crippen LogP contribution is -2.01. The van der Waals surface area contributed by atoms with Crippen LogP contribution in [0, 0.1) is 5.92 Å². The molecule has 2 N–H and O–H groups in total. The summed E-state index contributed by atoms with van der Waals surface area (Å²) in [5.41, 5.74) is 7.02. The van der Waals surface area contributed by atoms with Crippen LogP contribution in [0.4, 0.5) is 0 Å². The molecule has 1 aromatic rings. The maximum atomic E-state index is 5.59. The minimum Gasteiger partial charge on any atom is -0.330 e. The normalized spacial score (nSPS) is 27.2. The van der Waals surface area contributed by atoms with Gasteiger partial charge in [-0.15, -0.1) is 0 Å². The molecule has 0 amide bonds. The summed E-state index contributed by atoms with van der Waals surface area (Å²) in [6, 6.07) is 8.53. The zero-order valence-corrected chi connectivity index (χ0v) is 8.42. The van der Waals surface area contributed by atoms with Crippen molar-refractivity contribution in [2.45, 2.75) is 12.3 Å². The van der Waals surface area contributed by atoms with Crippen LogP contribution in [0.3, 0.4) is 0 Å². The highest BCUT2D eigenvalue weighted by molar-refractivity contribution is 9.10. The zero-order chi connectivity index (χ0) is 8.55. The molecule has 2 heteroatoms. The van der Waals surface area contributed by atoms with E-state index in [1.54, 1.807) is 0 Å². The van der Waals surface area contributed by atoms with E-state index in [2.05, 4.69) is 40.2 Å². The monoisotopic (exact) mass is 225 g/mol. The smallest absolute Gasteiger partial charge is 0.0178 e. The number of benzene rings is 1. The van der Waals surface area contributed by atoms with Crippen molar-refractivity contribution in [1.29, 1.82) is 0 Å². The lowest BCUT2D eigenvalue weighted by molar-refractivity contribution is 0.809. The molecule has 1 aromatic carbocycles. The van der Waals surface area contributed by atoms with Gasteiger partial charge in [0.1, 0.15) is 0 Å². The van der Waals surface area contributed by atoms with Gasteiger partial charge in [-0.05, 0) is 42.5 Å².